The molecule has 0 radical (unpaired) electrons. The van der Waals surface area contributed by atoms with Gasteiger partial charge in [0.1, 0.15) is 11.5 Å². The second-order valence-corrected chi connectivity index (χ2v) is 6.85. The van der Waals surface area contributed by atoms with E-state index in [1.807, 2.05) is 72.2 Å². The molecular weight excluding hydrogens is 378 g/mol. The van der Waals surface area contributed by atoms with Gasteiger partial charge in [0.25, 0.3) is 5.91 Å². The summed E-state index contributed by atoms with van der Waals surface area (Å²) < 4.78 is 7.23. The number of hydrogen-bond acceptors (Lipinski definition) is 4. The number of hydrazone groups is 1. The highest BCUT2D eigenvalue weighted by molar-refractivity contribution is 6.01. The maximum Gasteiger partial charge on any atom is 0.275 e. The fourth-order valence-corrected chi connectivity index (χ4v) is 3.37. The quantitative estimate of drug-likeness (QED) is 0.385. The number of methoxy groups -OCH3 is 1. The van der Waals surface area contributed by atoms with Crippen LogP contribution in [0.2, 0.25) is 0 Å². The third-order valence-electron chi connectivity index (χ3n) is 4.91. The Hall–Kier alpha value is -4.06. The van der Waals surface area contributed by atoms with E-state index in [2.05, 4.69) is 10.5 Å². The van der Waals surface area contributed by atoms with Crippen LogP contribution >= 0.6 is 0 Å². The standard InChI is InChI=1S/C24H21N3O3/c1-16-7-8-20(27(16)19-9-11-21(30-2)12-10-19)15-25-26-24(29)22-13-17-5-3-4-6-18(17)14-23(22)28/h3-15,28H,1-2H3,(H,26,29)/b25-15+. The topological polar surface area (TPSA) is 75.8 Å². The van der Waals surface area contributed by atoms with Gasteiger partial charge in [-0.3, -0.25) is 4.79 Å². The Morgan fingerprint density at radius 3 is 2.43 bits per heavy atom. The summed E-state index contributed by atoms with van der Waals surface area (Å²) in [7, 11) is 1.63. The number of ether oxygens (including phenoxy) is 1. The lowest BCUT2D eigenvalue weighted by atomic mass is 10.1. The number of amides is 1. The van der Waals surface area contributed by atoms with Gasteiger partial charge >= 0.3 is 0 Å². The maximum absolute atomic E-state index is 12.5. The molecule has 0 aliphatic heterocycles. The number of phenolic OH excluding ortho intramolecular Hbond substituents is 1. The second-order valence-electron chi connectivity index (χ2n) is 6.85. The average Bonchev–Trinajstić information content (AvgIpc) is 3.13. The van der Waals surface area contributed by atoms with Crippen LogP contribution in [-0.2, 0) is 0 Å². The number of fused-ring (bicyclic) bond motifs is 1. The van der Waals surface area contributed by atoms with Crippen molar-refractivity contribution in [2.45, 2.75) is 6.92 Å². The van der Waals surface area contributed by atoms with Crippen LogP contribution in [0.5, 0.6) is 11.5 Å². The molecule has 1 aromatic heterocycles. The van der Waals surface area contributed by atoms with Crippen LogP contribution in [0.4, 0.5) is 0 Å². The Kier molecular flexibility index (Phi) is 5.22. The molecule has 0 atom stereocenters. The van der Waals surface area contributed by atoms with Crippen molar-refractivity contribution in [1.82, 2.24) is 9.99 Å². The summed E-state index contributed by atoms with van der Waals surface area (Å²) in [6.07, 6.45) is 1.58. The summed E-state index contributed by atoms with van der Waals surface area (Å²) >= 11 is 0. The number of phenols is 1. The van der Waals surface area contributed by atoms with Gasteiger partial charge in [0.2, 0.25) is 0 Å². The summed E-state index contributed by atoms with van der Waals surface area (Å²) in [5.74, 6) is 0.217. The van der Waals surface area contributed by atoms with Crippen LogP contribution in [-0.4, -0.2) is 28.9 Å². The Morgan fingerprint density at radius 2 is 1.73 bits per heavy atom. The summed E-state index contributed by atoms with van der Waals surface area (Å²) in [6.45, 7) is 1.99. The molecule has 4 aromatic rings. The molecule has 0 aliphatic carbocycles. The Labute approximate surface area is 174 Å². The van der Waals surface area contributed by atoms with Crippen LogP contribution in [0.3, 0.4) is 0 Å². The van der Waals surface area contributed by atoms with Gasteiger partial charge in [-0.1, -0.05) is 24.3 Å². The van der Waals surface area contributed by atoms with E-state index in [1.165, 1.54) is 0 Å². The predicted octanol–water partition coefficient (Wildman–Crippen LogP) is 4.42. The van der Waals surface area contributed by atoms with Crippen molar-refractivity contribution in [2.75, 3.05) is 7.11 Å². The van der Waals surface area contributed by atoms with E-state index in [0.29, 0.717) is 0 Å². The van der Waals surface area contributed by atoms with Crippen molar-refractivity contribution in [3.63, 3.8) is 0 Å². The number of hydrogen-bond donors (Lipinski definition) is 2. The number of aromatic nitrogens is 1. The molecule has 6 heteroatoms. The van der Waals surface area contributed by atoms with Crippen LogP contribution in [0.15, 0.2) is 77.9 Å². The highest BCUT2D eigenvalue weighted by Crippen LogP contribution is 2.25. The number of nitrogens with one attached hydrogen (secondary N) is 1. The summed E-state index contributed by atoms with van der Waals surface area (Å²) in [5.41, 5.74) is 5.46. The molecule has 0 saturated carbocycles. The van der Waals surface area contributed by atoms with E-state index in [-0.39, 0.29) is 11.3 Å². The Morgan fingerprint density at radius 1 is 1.03 bits per heavy atom. The predicted molar refractivity (Wildman–Crippen MR) is 118 cm³/mol. The number of nitrogens with zero attached hydrogens (tertiary/aromatic N) is 2. The first kappa shape index (κ1) is 19.3. The second kappa shape index (κ2) is 8.13. The van der Waals surface area contributed by atoms with E-state index < -0.39 is 5.91 Å². The molecule has 3 aromatic carbocycles. The van der Waals surface area contributed by atoms with Gasteiger partial charge in [-0.05, 0) is 66.2 Å². The molecule has 4 rings (SSSR count). The molecular formula is C24H21N3O3. The van der Waals surface area contributed by atoms with Gasteiger partial charge in [0.15, 0.2) is 0 Å². The SMILES string of the molecule is COc1ccc(-n2c(C)ccc2/C=N/NC(=O)c2cc3ccccc3cc2O)cc1. The smallest absolute Gasteiger partial charge is 0.275 e. The number of carbonyl (C=O) groups is 1. The number of rotatable bonds is 5. The maximum atomic E-state index is 12.5. The number of carbonyl (C=O) groups excluding carboxylic acids is 1. The van der Waals surface area contributed by atoms with Gasteiger partial charge in [0.05, 0.1) is 24.6 Å². The summed E-state index contributed by atoms with van der Waals surface area (Å²) in [4.78, 5) is 12.5. The van der Waals surface area contributed by atoms with Crippen molar-refractivity contribution in [2.24, 2.45) is 5.10 Å². The fourth-order valence-electron chi connectivity index (χ4n) is 3.37. The van der Waals surface area contributed by atoms with E-state index in [9.17, 15) is 9.90 Å². The van der Waals surface area contributed by atoms with Gasteiger partial charge in [-0.15, -0.1) is 0 Å². The number of benzene rings is 3. The monoisotopic (exact) mass is 399 g/mol. The lowest BCUT2D eigenvalue weighted by Crippen LogP contribution is -2.18. The minimum Gasteiger partial charge on any atom is -0.507 e. The van der Waals surface area contributed by atoms with Gasteiger partial charge in [-0.25, -0.2) is 5.43 Å². The zero-order chi connectivity index (χ0) is 21.1. The molecule has 2 N–H and O–H groups in total. The largest absolute Gasteiger partial charge is 0.507 e. The molecule has 0 saturated heterocycles. The molecule has 0 aliphatic rings. The Bertz CT molecular complexity index is 1240. The van der Waals surface area contributed by atoms with Crippen molar-refractivity contribution in [1.29, 1.82) is 0 Å². The van der Waals surface area contributed by atoms with E-state index in [0.717, 1.165) is 33.6 Å². The fraction of sp³-hybridized carbons (Fsp3) is 0.0833. The molecule has 0 unspecified atom stereocenters. The minimum absolute atomic E-state index is 0.0844. The normalized spacial score (nSPS) is 11.1. The third-order valence-corrected chi connectivity index (χ3v) is 4.91. The van der Waals surface area contributed by atoms with Crippen LogP contribution in [0.1, 0.15) is 21.7 Å². The molecule has 0 spiro atoms. The highest BCUT2D eigenvalue weighted by atomic mass is 16.5. The number of aryl methyl sites for hydroxylation is 1. The Balaban J connectivity index is 1.55. The van der Waals surface area contributed by atoms with Crippen LogP contribution < -0.4 is 10.2 Å². The van der Waals surface area contributed by atoms with E-state index >= 15 is 0 Å². The average molecular weight is 399 g/mol. The molecule has 150 valence electrons. The van der Waals surface area contributed by atoms with Gasteiger partial charge < -0.3 is 14.4 Å². The van der Waals surface area contributed by atoms with Crippen molar-refractivity contribution < 1.29 is 14.6 Å². The third kappa shape index (κ3) is 3.75. The van der Waals surface area contributed by atoms with Crippen LogP contribution in [0, 0.1) is 6.92 Å². The van der Waals surface area contributed by atoms with Crippen molar-refractivity contribution in [3.05, 3.63) is 89.7 Å². The minimum atomic E-state index is -0.478. The van der Waals surface area contributed by atoms with Crippen molar-refractivity contribution in [3.8, 4) is 17.2 Å². The van der Waals surface area contributed by atoms with E-state index in [1.54, 1.807) is 25.5 Å². The lowest BCUT2D eigenvalue weighted by Gasteiger charge is -2.10. The summed E-state index contributed by atoms with van der Waals surface area (Å²) in [5, 5.41) is 16.0. The first-order valence-corrected chi connectivity index (χ1v) is 9.45. The van der Waals surface area contributed by atoms with Crippen LogP contribution in [0.25, 0.3) is 16.5 Å². The molecule has 6 nitrogen and oxygen atoms in total. The first-order valence-electron chi connectivity index (χ1n) is 9.45. The zero-order valence-electron chi connectivity index (χ0n) is 16.7. The van der Waals surface area contributed by atoms with Crippen molar-refractivity contribution >= 4 is 22.9 Å². The molecule has 30 heavy (non-hydrogen) atoms. The molecule has 0 fully saturated rings. The van der Waals surface area contributed by atoms with Gasteiger partial charge in [-0.2, -0.15) is 5.10 Å². The number of aromatic hydroxyl groups is 1. The van der Waals surface area contributed by atoms with E-state index in [4.69, 9.17) is 4.74 Å². The van der Waals surface area contributed by atoms with Gasteiger partial charge in [0, 0.05) is 11.4 Å². The summed E-state index contributed by atoms with van der Waals surface area (Å²) in [6, 6.07) is 22.3. The lowest BCUT2D eigenvalue weighted by molar-refractivity contribution is 0.0952. The first-order chi connectivity index (χ1) is 14.6. The highest BCUT2D eigenvalue weighted by Gasteiger charge is 2.12. The zero-order valence-corrected chi connectivity index (χ0v) is 16.7. The molecule has 0 bridgehead atoms. The molecule has 1 amide bonds. The molecule has 1 heterocycles.